The zero-order valence-corrected chi connectivity index (χ0v) is 6.07. The van der Waals surface area contributed by atoms with E-state index >= 15 is 0 Å². The Labute approximate surface area is 59.9 Å². The largest absolute Gasteiger partial charge is 0.509 e. The lowest BCUT2D eigenvalue weighted by molar-refractivity contribution is 0.243. The Kier molecular flexibility index (Phi) is 3.57. The summed E-state index contributed by atoms with van der Waals surface area (Å²) in [5, 5.41) is 26.1. The van der Waals surface area contributed by atoms with Crippen molar-refractivity contribution in [2.24, 2.45) is 0 Å². The van der Waals surface area contributed by atoms with E-state index in [1.54, 1.807) is 6.92 Å². The third-order valence-corrected chi connectivity index (χ3v) is 0.903. The molecule has 0 saturated carbocycles. The first-order chi connectivity index (χ1) is 4.54. The highest BCUT2D eigenvalue weighted by Crippen LogP contribution is 1.98. The number of allylic oxidation sites excluding steroid dienone is 2. The molecule has 1 unspecified atom stereocenters. The first kappa shape index (κ1) is 9.04. The van der Waals surface area contributed by atoms with Crippen molar-refractivity contribution in [1.29, 1.82) is 0 Å². The van der Waals surface area contributed by atoms with Crippen LogP contribution in [0, 0.1) is 0 Å². The molecule has 3 heteroatoms. The monoisotopic (exact) mass is 144 g/mol. The zero-order valence-electron chi connectivity index (χ0n) is 6.07. The van der Waals surface area contributed by atoms with E-state index in [0.29, 0.717) is 0 Å². The van der Waals surface area contributed by atoms with E-state index in [4.69, 9.17) is 15.3 Å². The number of hydrogen-bond donors (Lipinski definition) is 3. The quantitative estimate of drug-likeness (QED) is 0.404. The summed E-state index contributed by atoms with van der Waals surface area (Å²) < 4.78 is 0. The molecule has 0 aliphatic rings. The fourth-order valence-electron chi connectivity index (χ4n) is 0.351. The molecule has 0 fully saturated rings. The molecule has 0 rings (SSSR count). The molecule has 0 aromatic heterocycles. The van der Waals surface area contributed by atoms with Gasteiger partial charge in [-0.05, 0) is 19.9 Å². The summed E-state index contributed by atoms with van der Waals surface area (Å²) in [5.41, 5.74) is 0. The molecule has 0 aromatic carbocycles. The minimum Gasteiger partial charge on any atom is -0.509 e. The van der Waals surface area contributed by atoms with Crippen molar-refractivity contribution < 1.29 is 15.3 Å². The fourth-order valence-corrected chi connectivity index (χ4v) is 0.351. The van der Waals surface area contributed by atoms with Gasteiger partial charge < -0.3 is 15.3 Å². The first-order valence-electron chi connectivity index (χ1n) is 2.99. The normalized spacial score (nSPS) is 17.1. The Bertz CT molecular complexity index is 152. The van der Waals surface area contributed by atoms with Crippen molar-refractivity contribution in [3.05, 3.63) is 23.7 Å². The van der Waals surface area contributed by atoms with Gasteiger partial charge >= 0.3 is 0 Å². The Hall–Kier alpha value is -0.960. The maximum Gasteiger partial charge on any atom is 0.152 e. The predicted molar refractivity (Wildman–Crippen MR) is 38.8 cm³/mol. The third-order valence-electron chi connectivity index (χ3n) is 0.903. The summed E-state index contributed by atoms with van der Waals surface area (Å²) in [5.74, 6) is -0.377. The molecule has 0 radical (unpaired) electrons. The predicted octanol–water partition coefficient (Wildman–Crippen LogP) is 1.27. The average molecular weight is 144 g/mol. The van der Waals surface area contributed by atoms with Crippen molar-refractivity contribution in [1.82, 2.24) is 0 Å². The molecule has 1 atom stereocenters. The summed E-state index contributed by atoms with van der Waals surface area (Å²) in [6.45, 7) is 2.91. The topological polar surface area (TPSA) is 60.7 Å². The molecule has 0 saturated heterocycles. The van der Waals surface area contributed by atoms with Crippen molar-refractivity contribution in [3.63, 3.8) is 0 Å². The summed E-state index contributed by atoms with van der Waals surface area (Å²) >= 11 is 0. The standard InChI is InChI=1S/C7H12O3/c1-5(8)3-4-7(10)6(2)9/h3-5,8-10H,1-2H3. The van der Waals surface area contributed by atoms with E-state index in [2.05, 4.69) is 0 Å². The van der Waals surface area contributed by atoms with Crippen LogP contribution in [0.3, 0.4) is 0 Å². The summed E-state index contributed by atoms with van der Waals surface area (Å²) in [6.07, 6.45) is 2.01. The number of aliphatic hydroxyl groups excluding tert-OH is 3. The molecule has 58 valence electrons. The lowest BCUT2D eigenvalue weighted by atomic mass is 10.3. The SMILES string of the molecule is CC(O)=C(O)C=CC(C)O. The first-order valence-corrected chi connectivity index (χ1v) is 2.99. The van der Waals surface area contributed by atoms with Crippen molar-refractivity contribution in [2.75, 3.05) is 0 Å². The highest BCUT2D eigenvalue weighted by molar-refractivity contribution is 5.13. The van der Waals surface area contributed by atoms with E-state index < -0.39 is 6.10 Å². The van der Waals surface area contributed by atoms with Gasteiger partial charge in [-0.15, -0.1) is 0 Å². The van der Waals surface area contributed by atoms with Crippen LogP contribution >= 0.6 is 0 Å². The Morgan fingerprint density at radius 2 is 1.90 bits per heavy atom. The molecule has 0 heterocycles. The maximum absolute atomic E-state index is 8.81. The highest BCUT2D eigenvalue weighted by atomic mass is 16.3. The van der Waals surface area contributed by atoms with Gasteiger partial charge in [-0.25, -0.2) is 0 Å². The zero-order chi connectivity index (χ0) is 8.15. The van der Waals surface area contributed by atoms with E-state index in [9.17, 15) is 0 Å². The molecule has 10 heavy (non-hydrogen) atoms. The molecular formula is C7H12O3. The highest BCUT2D eigenvalue weighted by Gasteiger charge is 1.92. The Morgan fingerprint density at radius 1 is 1.40 bits per heavy atom. The smallest absolute Gasteiger partial charge is 0.152 e. The fraction of sp³-hybridized carbons (Fsp3) is 0.429. The van der Waals surface area contributed by atoms with Crippen LogP contribution in [-0.4, -0.2) is 21.4 Å². The van der Waals surface area contributed by atoms with Gasteiger partial charge in [0.05, 0.1) is 6.10 Å². The van der Waals surface area contributed by atoms with E-state index in [1.807, 2.05) is 0 Å². The minimum absolute atomic E-state index is 0.156. The van der Waals surface area contributed by atoms with Gasteiger partial charge in [-0.1, -0.05) is 6.08 Å². The molecule has 0 spiro atoms. The second-order valence-corrected chi connectivity index (χ2v) is 2.07. The van der Waals surface area contributed by atoms with Crippen molar-refractivity contribution in [2.45, 2.75) is 20.0 Å². The number of hydrogen-bond acceptors (Lipinski definition) is 3. The van der Waals surface area contributed by atoms with Gasteiger partial charge in [-0.3, -0.25) is 0 Å². The Balaban J connectivity index is 4.03. The molecular weight excluding hydrogens is 132 g/mol. The second-order valence-electron chi connectivity index (χ2n) is 2.07. The van der Waals surface area contributed by atoms with Crippen LogP contribution in [0.5, 0.6) is 0 Å². The van der Waals surface area contributed by atoms with Crippen LogP contribution in [0.1, 0.15) is 13.8 Å². The molecule has 0 amide bonds. The molecule has 0 aliphatic carbocycles. The maximum atomic E-state index is 8.81. The number of rotatable bonds is 2. The lowest BCUT2D eigenvalue weighted by Crippen LogP contribution is -1.92. The van der Waals surface area contributed by atoms with Gasteiger partial charge in [0.25, 0.3) is 0 Å². The summed E-state index contributed by atoms with van der Waals surface area (Å²) in [7, 11) is 0. The summed E-state index contributed by atoms with van der Waals surface area (Å²) in [4.78, 5) is 0. The van der Waals surface area contributed by atoms with Gasteiger partial charge in [0, 0.05) is 0 Å². The van der Waals surface area contributed by atoms with Gasteiger partial charge in [0.15, 0.2) is 5.76 Å². The van der Waals surface area contributed by atoms with E-state index in [0.717, 1.165) is 0 Å². The van der Waals surface area contributed by atoms with E-state index in [-0.39, 0.29) is 11.5 Å². The second kappa shape index (κ2) is 3.95. The van der Waals surface area contributed by atoms with Gasteiger partial charge in [0.2, 0.25) is 0 Å². The average Bonchev–Trinajstić information content (AvgIpc) is 1.82. The van der Waals surface area contributed by atoms with Crippen LogP contribution in [0.4, 0.5) is 0 Å². The van der Waals surface area contributed by atoms with E-state index in [1.165, 1.54) is 19.1 Å². The van der Waals surface area contributed by atoms with Gasteiger partial charge in [-0.2, -0.15) is 0 Å². The van der Waals surface area contributed by atoms with Crippen molar-refractivity contribution in [3.8, 4) is 0 Å². The molecule has 3 N–H and O–H groups in total. The molecule has 3 nitrogen and oxygen atoms in total. The van der Waals surface area contributed by atoms with Crippen LogP contribution < -0.4 is 0 Å². The molecule has 0 aromatic rings. The van der Waals surface area contributed by atoms with Crippen LogP contribution in [0.15, 0.2) is 23.7 Å². The third kappa shape index (κ3) is 3.97. The molecule has 0 bridgehead atoms. The van der Waals surface area contributed by atoms with Crippen LogP contribution in [-0.2, 0) is 0 Å². The van der Waals surface area contributed by atoms with Crippen LogP contribution in [0.2, 0.25) is 0 Å². The number of aliphatic hydroxyl groups is 3. The van der Waals surface area contributed by atoms with Gasteiger partial charge in [0.1, 0.15) is 5.76 Å². The van der Waals surface area contributed by atoms with Crippen LogP contribution in [0.25, 0.3) is 0 Å². The molecule has 0 aliphatic heterocycles. The minimum atomic E-state index is -0.610. The summed E-state index contributed by atoms with van der Waals surface area (Å²) in [6, 6.07) is 0. The van der Waals surface area contributed by atoms with Crippen molar-refractivity contribution >= 4 is 0 Å². The lowest BCUT2D eigenvalue weighted by Gasteiger charge is -1.94. The Morgan fingerprint density at radius 3 is 2.20 bits per heavy atom.